The molecule has 0 amide bonds. The number of nitrogens with one attached hydrogen (secondary N) is 1. The molecular formula is C16H26N2. The zero-order valence-electron chi connectivity index (χ0n) is 11.7. The quantitative estimate of drug-likeness (QED) is 0.830. The first-order valence-electron chi connectivity index (χ1n) is 7.26. The van der Waals surface area contributed by atoms with Gasteiger partial charge in [0.25, 0.3) is 0 Å². The van der Waals surface area contributed by atoms with Crippen LogP contribution in [0.5, 0.6) is 0 Å². The highest BCUT2D eigenvalue weighted by Gasteiger charge is 2.28. The molecule has 1 saturated heterocycles. The van der Waals surface area contributed by atoms with Gasteiger partial charge in [-0.05, 0) is 44.5 Å². The van der Waals surface area contributed by atoms with Crippen molar-refractivity contribution in [2.24, 2.45) is 5.92 Å². The molecule has 0 saturated carbocycles. The topological polar surface area (TPSA) is 15.3 Å². The van der Waals surface area contributed by atoms with Crippen molar-refractivity contribution in [3.05, 3.63) is 35.9 Å². The van der Waals surface area contributed by atoms with Crippen LogP contribution >= 0.6 is 0 Å². The van der Waals surface area contributed by atoms with Gasteiger partial charge in [-0.25, -0.2) is 0 Å². The fourth-order valence-electron chi connectivity index (χ4n) is 2.99. The standard InChI is InChI=1S/C16H26N2/c1-3-15-12-17-13-16(15)18(2)11-7-10-14-8-5-4-6-9-14/h4-6,8-9,15-17H,3,7,10-13H2,1-2H3. The predicted octanol–water partition coefficient (Wildman–Crippen LogP) is 2.55. The smallest absolute Gasteiger partial charge is 0.0257 e. The lowest BCUT2D eigenvalue weighted by Gasteiger charge is -2.28. The van der Waals surface area contributed by atoms with Crippen molar-refractivity contribution in [2.75, 3.05) is 26.7 Å². The maximum Gasteiger partial charge on any atom is 0.0257 e. The average Bonchev–Trinajstić information content (AvgIpc) is 2.88. The minimum Gasteiger partial charge on any atom is -0.315 e. The van der Waals surface area contributed by atoms with E-state index in [9.17, 15) is 0 Å². The Morgan fingerprint density at radius 1 is 1.22 bits per heavy atom. The number of likely N-dealkylation sites (N-methyl/N-ethyl adjacent to an activating group) is 1. The Kier molecular flexibility index (Phi) is 5.21. The first-order chi connectivity index (χ1) is 8.81. The Bertz CT molecular complexity index is 336. The van der Waals surface area contributed by atoms with Crippen LogP contribution in [0.1, 0.15) is 25.3 Å². The lowest BCUT2D eigenvalue weighted by atomic mass is 9.99. The van der Waals surface area contributed by atoms with Gasteiger partial charge in [0, 0.05) is 12.6 Å². The zero-order chi connectivity index (χ0) is 12.8. The summed E-state index contributed by atoms with van der Waals surface area (Å²) in [7, 11) is 2.28. The van der Waals surface area contributed by atoms with Crippen LogP contribution in [-0.2, 0) is 6.42 Å². The molecule has 0 spiro atoms. The molecule has 2 nitrogen and oxygen atoms in total. The molecule has 18 heavy (non-hydrogen) atoms. The minimum absolute atomic E-state index is 0.741. The summed E-state index contributed by atoms with van der Waals surface area (Å²) in [6.45, 7) is 5.88. The van der Waals surface area contributed by atoms with Crippen LogP contribution < -0.4 is 5.32 Å². The van der Waals surface area contributed by atoms with Crippen LogP contribution in [0.3, 0.4) is 0 Å². The monoisotopic (exact) mass is 246 g/mol. The van der Waals surface area contributed by atoms with Crippen molar-refractivity contribution >= 4 is 0 Å². The summed E-state index contributed by atoms with van der Waals surface area (Å²) in [5.74, 6) is 0.840. The van der Waals surface area contributed by atoms with Crippen molar-refractivity contribution in [3.8, 4) is 0 Å². The molecule has 2 atom stereocenters. The van der Waals surface area contributed by atoms with E-state index in [1.807, 2.05) is 0 Å². The molecule has 0 aromatic heterocycles. The Morgan fingerprint density at radius 2 is 2.00 bits per heavy atom. The van der Waals surface area contributed by atoms with E-state index in [0.717, 1.165) is 12.0 Å². The Hall–Kier alpha value is -0.860. The van der Waals surface area contributed by atoms with Gasteiger partial charge < -0.3 is 10.2 Å². The molecule has 1 aliphatic heterocycles. The Balaban J connectivity index is 1.73. The summed E-state index contributed by atoms with van der Waals surface area (Å²) in [6, 6.07) is 11.6. The third-order valence-corrected chi connectivity index (χ3v) is 4.21. The van der Waals surface area contributed by atoms with Gasteiger partial charge in [0.05, 0.1) is 0 Å². The molecule has 1 fully saturated rings. The minimum atomic E-state index is 0.741. The molecule has 100 valence electrons. The first-order valence-corrected chi connectivity index (χ1v) is 7.26. The summed E-state index contributed by atoms with van der Waals surface area (Å²) >= 11 is 0. The van der Waals surface area contributed by atoms with Gasteiger partial charge in [-0.3, -0.25) is 0 Å². The summed E-state index contributed by atoms with van der Waals surface area (Å²) in [5.41, 5.74) is 1.46. The van der Waals surface area contributed by atoms with Crippen LogP contribution in [0.15, 0.2) is 30.3 Å². The van der Waals surface area contributed by atoms with E-state index in [0.29, 0.717) is 0 Å². The molecule has 1 heterocycles. The molecule has 1 aromatic carbocycles. The van der Waals surface area contributed by atoms with Crippen molar-refractivity contribution in [1.82, 2.24) is 10.2 Å². The molecule has 0 radical (unpaired) electrons. The second-order valence-corrected chi connectivity index (χ2v) is 5.46. The van der Waals surface area contributed by atoms with E-state index in [4.69, 9.17) is 0 Å². The third-order valence-electron chi connectivity index (χ3n) is 4.21. The first kappa shape index (κ1) is 13.6. The van der Waals surface area contributed by atoms with Crippen molar-refractivity contribution in [2.45, 2.75) is 32.2 Å². The van der Waals surface area contributed by atoms with Crippen LogP contribution in [0.25, 0.3) is 0 Å². The van der Waals surface area contributed by atoms with E-state index in [1.54, 1.807) is 0 Å². The lowest BCUT2D eigenvalue weighted by Crippen LogP contribution is -2.38. The van der Waals surface area contributed by atoms with Gasteiger partial charge in [0.2, 0.25) is 0 Å². The maximum absolute atomic E-state index is 3.52. The summed E-state index contributed by atoms with van der Waals surface area (Å²) in [6.07, 6.45) is 3.75. The number of rotatable bonds is 6. The zero-order valence-corrected chi connectivity index (χ0v) is 11.7. The summed E-state index contributed by atoms with van der Waals surface area (Å²) < 4.78 is 0. The molecule has 0 aliphatic carbocycles. The molecule has 2 rings (SSSR count). The van der Waals surface area contributed by atoms with Crippen LogP contribution in [0.4, 0.5) is 0 Å². The highest BCUT2D eigenvalue weighted by molar-refractivity contribution is 5.14. The predicted molar refractivity (Wildman–Crippen MR) is 77.8 cm³/mol. The normalized spacial score (nSPS) is 23.7. The second kappa shape index (κ2) is 6.91. The number of hydrogen-bond acceptors (Lipinski definition) is 2. The Morgan fingerprint density at radius 3 is 2.72 bits per heavy atom. The maximum atomic E-state index is 3.52. The van der Waals surface area contributed by atoms with E-state index >= 15 is 0 Å². The highest BCUT2D eigenvalue weighted by atomic mass is 15.2. The van der Waals surface area contributed by atoms with Gasteiger partial charge in [-0.1, -0.05) is 43.7 Å². The van der Waals surface area contributed by atoms with Gasteiger partial charge in [0.1, 0.15) is 0 Å². The molecule has 1 N–H and O–H groups in total. The highest BCUT2D eigenvalue weighted by Crippen LogP contribution is 2.18. The molecule has 1 aromatic rings. The summed E-state index contributed by atoms with van der Waals surface area (Å²) in [5, 5.41) is 3.52. The van der Waals surface area contributed by atoms with Crippen molar-refractivity contribution < 1.29 is 0 Å². The van der Waals surface area contributed by atoms with E-state index in [-0.39, 0.29) is 0 Å². The lowest BCUT2D eigenvalue weighted by molar-refractivity contribution is 0.206. The van der Waals surface area contributed by atoms with Gasteiger partial charge in [0.15, 0.2) is 0 Å². The Labute approximate surface area is 111 Å². The van der Waals surface area contributed by atoms with Gasteiger partial charge >= 0.3 is 0 Å². The fourth-order valence-corrected chi connectivity index (χ4v) is 2.99. The van der Waals surface area contributed by atoms with E-state index in [2.05, 4.69) is 54.5 Å². The van der Waals surface area contributed by atoms with Gasteiger partial charge in [-0.15, -0.1) is 0 Å². The van der Waals surface area contributed by atoms with Crippen LogP contribution in [0, 0.1) is 5.92 Å². The largest absolute Gasteiger partial charge is 0.315 e. The average molecular weight is 246 g/mol. The number of benzene rings is 1. The van der Waals surface area contributed by atoms with Crippen molar-refractivity contribution in [3.63, 3.8) is 0 Å². The van der Waals surface area contributed by atoms with Crippen LogP contribution in [-0.4, -0.2) is 37.6 Å². The number of hydrogen-bond donors (Lipinski definition) is 1. The summed E-state index contributed by atoms with van der Waals surface area (Å²) in [4.78, 5) is 2.55. The fraction of sp³-hybridized carbons (Fsp3) is 0.625. The SMILES string of the molecule is CCC1CNCC1N(C)CCCc1ccccc1. The molecule has 1 aliphatic rings. The second-order valence-electron chi connectivity index (χ2n) is 5.46. The van der Waals surface area contributed by atoms with E-state index in [1.165, 1.54) is 44.5 Å². The third kappa shape index (κ3) is 3.56. The number of nitrogens with zero attached hydrogens (tertiary/aromatic N) is 1. The number of aryl methyl sites for hydroxylation is 1. The molecule has 2 heteroatoms. The van der Waals surface area contributed by atoms with E-state index < -0.39 is 0 Å². The van der Waals surface area contributed by atoms with Crippen molar-refractivity contribution in [1.29, 1.82) is 0 Å². The van der Waals surface area contributed by atoms with Crippen LogP contribution in [0.2, 0.25) is 0 Å². The van der Waals surface area contributed by atoms with Gasteiger partial charge in [-0.2, -0.15) is 0 Å². The molecule has 0 bridgehead atoms. The molecule has 2 unspecified atom stereocenters. The molecular weight excluding hydrogens is 220 g/mol.